The molecule has 1 atom stereocenters. The van der Waals surface area contributed by atoms with E-state index in [-0.39, 0.29) is 11.3 Å². The van der Waals surface area contributed by atoms with Crippen molar-refractivity contribution in [3.05, 3.63) is 88.2 Å². The number of methoxy groups -OCH3 is 2. The van der Waals surface area contributed by atoms with Gasteiger partial charge in [0.25, 0.3) is 11.7 Å². The Bertz CT molecular complexity index is 1210. The summed E-state index contributed by atoms with van der Waals surface area (Å²) in [4.78, 5) is 31.7. The molecule has 1 unspecified atom stereocenters. The van der Waals surface area contributed by atoms with Gasteiger partial charge in [0.05, 0.1) is 37.7 Å². The highest BCUT2D eigenvalue weighted by atomic mass is 79.9. The largest absolute Gasteiger partial charge is 0.507 e. The SMILES string of the molecule is COc1ccc(C2C(=C(O)c3ccc(Br)cc3)C(=O)C(=O)N2c2cccnc2)cc1OC. The summed E-state index contributed by atoms with van der Waals surface area (Å²) in [5, 5.41) is 11.1. The van der Waals surface area contributed by atoms with E-state index in [0.717, 1.165) is 4.47 Å². The molecule has 0 radical (unpaired) electrons. The average Bonchev–Trinajstić information content (AvgIpc) is 3.09. The first-order valence-corrected chi connectivity index (χ1v) is 10.4. The monoisotopic (exact) mass is 494 g/mol. The highest BCUT2D eigenvalue weighted by Gasteiger charge is 2.47. The molecular weight excluding hydrogens is 476 g/mol. The van der Waals surface area contributed by atoms with Crippen molar-refractivity contribution in [1.29, 1.82) is 0 Å². The van der Waals surface area contributed by atoms with Crippen LogP contribution in [0.25, 0.3) is 5.76 Å². The van der Waals surface area contributed by atoms with Crippen molar-refractivity contribution in [2.24, 2.45) is 0 Å². The molecule has 2 aromatic carbocycles. The number of pyridine rings is 1. The Morgan fingerprint density at radius 3 is 2.38 bits per heavy atom. The third-order valence-electron chi connectivity index (χ3n) is 5.21. The number of ketones is 1. The van der Waals surface area contributed by atoms with E-state index < -0.39 is 17.7 Å². The second-order valence-corrected chi connectivity index (χ2v) is 7.92. The van der Waals surface area contributed by atoms with Gasteiger partial charge < -0.3 is 14.6 Å². The van der Waals surface area contributed by atoms with E-state index in [1.54, 1.807) is 60.8 Å². The standard InChI is InChI=1S/C24H19BrN2O5/c1-31-18-10-7-15(12-19(18)32-2)21-20(22(28)14-5-8-16(25)9-6-14)23(29)24(30)27(21)17-4-3-11-26-13-17/h3-13,21,28H,1-2H3. The van der Waals surface area contributed by atoms with E-state index in [4.69, 9.17) is 9.47 Å². The van der Waals surface area contributed by atoms with Gasteiger partial charge in [0, 0.05) is 16.2 Å². The van der Waals surface area contributed by atoms with Crippen LogP contribution in [0, 0.1) is 0 Å². The molecule has 1 aliphatic rings. The van der Waals surface area contributed by atoms with E-state index in [1.165, 1.54) is 25.3 Å². The number of aliphatic hydroxyl groups is 1. The Morgan fingerprint density at radius 2 is 1.75 bits per heavy atom. The molecule has 0 spiro atoms. The van der Waals surface area contributed by atoms with Crippen LogP contribution in [0.5, 0.6) is 11.5 Å². The number of amides is 1. The van der Waals surface area contributed by atoms with Gasteiger partial charge in [-0.3, -0.25) is 19.5 Å². The number of hydrogen-bond acceptors (Lipinski definition) is 6. The number of halogens is 1. The fourth-order valence-corrected chi connectivity index (χ4v) is 3.96. The molecule has 1 saturated heterocycles. The molecule has 2 heterocycles. The number of anilines is 1. The number of carbonyl (C=O) groups is 2. The predicted molar refractivity (Wildman–Crippen MR) is 123 cm³/mol. The minimum Gasteiger partial charge on any atom is -0.507 e. The molecule has 162 valence electrons. The van der Waals surface area contributed by atoms with E-state index >= 15 is 0 Å². The van der Waals surface area contributed by atoms with E-state index in [9.17, 15) is 14.7 Å². The Labute approximate surface area is 193 Å². The lowest BCUT2D eigenvalue weighted by Crippen LogP contribution is -2.29. The van der Waals surface area contributed by atoms with E-state index in [1.807, 2.05) is 0 Å². The lowest BCUT2D eigenvalue weighted by molar-refractivity contribution is -0.132. The minimum absolute atomic E-state index is 0.0200. The fourth-order valence-electron chi connectivity index (χ4n) is 3.70. The van der Waals surface area contributed by atoms with Crippen molar-refractivity contribution >= 4 is 39.1 Å². The van der Waals surface area contributed by atoms with Crippen LogP contribution < -0.4 is 14.4 Å². The first-order chi connectivity index (χ1) is 15.5. The van der Waals surface area contributed by atoms with Crippen LogP contribution in [0.15, 0.2) is 77.0 Å². The van der Waals surface area contributed by atoms with Crippen LogP contribution in [-0.4, -0.2) is 36.0 Å². The van der Waals surface area contributed by atoms with Gasteiger partial charge in [-0.25, -0.2) is 0 Å². The molecule has 0 bridgehead atoms. The Morgan fingerprint density at radius 1 is 1.03 bits per heavy atom. The lowest BCUT2D eigenvalue weighted by atomic mass is 9.95. The number of aliphatic hydroxyl groups excluding tert-OH is 1. The van der Waals surface area contributed by atoms with E-state index in [2.05, 4.69) is 20.9 Å². The molecule has 0 saturated carbocycles. The van der Waals surface area contributed by atoms with Crippen molar-refractivity contribution in [3.8, 4) is 11.5 Å². The van der Waals surface area contributed by atoms with Gasteiger partial charge in [0.2, 0.25) is 0 Å². The maximum atomic E-state index is 13.1. The van der Waals surface area contributed by atoms with Crippen molar-refractivity contribution in [2.75, 3.05) is 19.1 Å². The third-order valence-corrected chi connectivity index (χ3v) is 5.74. The summed E-state index contributed by atoms with van der Waals surface area (Å²) in [6.45, 7) is 0. The summed E-state index contributed by atoms with van der Waals surface area (Å²) in [7, 11) is 3.02. The van der Waals surface area contributed by atoms with Gasteiger partial charge in [-0.2, -0.15) is 0 Å². The van der Waals surface area contributed by atoms with Gasteiger partial charge in [-0.1, -0.05) is 34.1 Å². The highest BCUT2D eigenvalue weighted by molar-refractivity contribution is 9.10. The Kier molecular flexibility index (Phi) is 5.96. The zero-order valence-corrected chi connectivity index (χ0v) is 18.9. The molecule has 3 aromatic rings. The quantitative estimate of drug-likeness (QED) is 0.319. The smallest absolute Gasteiger partial charge is 0.300 e. The van der Waals surface area contributed by atoms with Gasteiger partial charge in [0.15, 0.2) is 11.5 Å². The van der Waals surface area contributed by atoms with Crippen molar-refractivity contribution < 1.29 is 24.2 Å². The van der Waals surface area contributed by atoms with Crippen LogP contribution in [0.4, 0.5) is 5.69 Å². The summed E-state index contributed by atoms with van der Waals surface area (Å²) < 4.78 is 11.5. The molecular formula is C24H19BrN2O5. The molecule has 8 heteroatoms. The van der Waals surface area contributed by atoms with Crippen LogP contribution in [0.2, 0.25) is 0 Å². The molecule has 1 fully saturated rings. The lowest BCUT2D eigenvalue weighted by Gasteiger charge is -2.25. The number of benzene rings is 2. The van der Waals surface area contributed by atoms with Gasteiger partial charge in [0.1, 0.15) is 5.76 Å². The van der Waals surface area contributed by atoms with Gasteiger partial charge in [-0.05, 0) is 42.0 Å². The van der Waals surface area contributed by atoms with Crippen molar-refractivity contribution in [1.82, 2.24) is 4.98 Å². The second-order valence-electron chi connectivity index (χ2n) is 7.00. The molecule has 1 amide bonds. The number of aromatic nitrogens is 1. The van der Waals surface area contributed by atoms with Gasteiger partial charge in [-0.15, -0.1) is 0 Å². The maximum Gasteiger partial charge on any atom is 0.300 e. The fraction of sp³-hybridized carbons (Fsp3) is 0.125. The summed E-state index contributed by atoms with van der Waals surface area (Å²) in [5.41, 5.74) is 1.41. The van der Waals surface area contributed by atoms with Gasteiger partial charge >= 0.3 is 0 Å². The average molecular weight is 495 g/mol. The molecule has 7 nitrogen and oxygen atoms in total. The summed E-state index contributed by atoms with van der Waals surface area (Å²) in [6, 6.07) is 14.4. The molecule has 1 aromatic heterocycles. The number of rotatable bonds is 5. The zero-order valence-electron chi connectivity index (χ0n) is 17.3. The van der Waals surface area contributed by atoms with Crippen molar-refractivity contribution in [2.45, 2.75) is 6.04 Å². The van der Waals surface area contributed by atoms with E-state index in [0.29, 0.717) is 28.3 Å². The molecule has 4 rings (SSSR count). The van der Waals surface area contributed by atoms with Crippen LogP contribution >= 0.6 is 15.9 Å². The summed E-state index contributed by atoms with van der Waals surface area (Å²) in [5.74, 6) is -0.861. The third kappa shape index (κ3) is 3.73. The molecule has 32 heavy (non-hydrogen) atoms. The number of hydrogen-bond donors (Lipinski definition) is 1. The summed E-state index contributed by atoms with van der Waals surface area (Å²) in [6.07, 6.45) is 3.08. The van der Waals surface area contributed by atoms with Crippen LogP contribution in [0.3, 0.4) is 0 Å². The predicted octanol–water partition coefficient (Wildman–Crippen LogP) is 4.49. The first-order valence-electron chi connectivity index (χ1n) is 9.65. The number of carbonyl (C=O) groups excluding carboxylic acids is 2. The number of Topliss-reactive ketones (excluding diaryl/α,β-unsaturated/α-hetero) is 1. The maximum absolute atomic E-state index is 13.1. The molecule has 1 aliphatic heterocycles. The second kappa shape index (κ2) is 8.84. The summed E-state index contributed by atoms with van der Waals surface area (Å²) >= 11 is 3.36. The Balaban J connectivity index is 1.96. The van der Waals surface area contributed by atoms with Crippen LogP contribution in [-0.2, 0) is 9.59 Å². The Hall–Kier alpha value is -3.65. The normalized spacial score (nSPS) is 17.5. The molecule has 0 aliphatic carbocycles. The number of nitrogens with zero attached hydrogens (tertiary/aromatic N) is 2. The zero-order chi connectivity index (χ0) is 22.8. The topological polar surface area (TPSA) is 89.0 Å². The minimum atomic E-state index is -0.886. The first kappa shape index (κ1) is 21.6. The van der Waals surface area contributed by atoms with Crippen molar-refractivity contribution in [3.63, 3.8) is 0 Å². The van der Waals surface area contributed by atoms with Crippen LogP contribution in [0.1, 0.15) is 17.2 Å². The number of ether oxygens (including phenoxy) is 2. The highest BCUT2D eigenvalue weighted by Crippen LogP contribution is 2.43. The molecule has 1 N–H and O–H groups in total.